The van der Waals surface area contributed by atoms with Crippen molar-refractivity contribution < 1.29 is 4.74 Å². The molecule has 0 N–H and O–H groups in total. The van der Waals surface area contributed by atoms with Crippen LogP contribution in [0.25, 0.3) is 0 Å². The number of anilines is 1. The van der Waals surface area contributed by atoms with Gasteiger partial charge >= 0.3 is 0 Å². The topological polar surface area (TPSA) is 41.5 Å². The Balaban J connectivity index is 1.56. The van der Waals surface area contributed by atoms with Crippen molar-refractivity contribution in [3.63, 3.8) is 0 Å². The Kier molecular flexibility index (Phi) is 6.65. The van der Waals surface area contributed by atoms with E-state index in [1.807, 2.05) is 6.92 Å². The molecule has 3 heterocycles. The van der Waals surface area contributed by atoms with Crippen molar-refractivity contribution in [3.05, 3.63) is 17.6 Å². The monoisotopic (exact) mass is 346 g/mol. The molecule has 3 rings (SSSR count). The molecule has 1 aromatic heterocycles. The van der Waals surface area contributed by atoms with Gasteiger partial charge < -0.3 is 14.5 Å². The molecule has 0 saturated carbocycles. The third-order valence-corrected chi connectivity index (χ3v) is 5.44. The second kappa shape index (κ2) is 8.95. The first-order chi connectivity index (χ1) is 12.1. The van der Waals surface area contributed by atoms with Crippen LogP contribution in [0, 0.1) is 12.8 Å². The Hall–Kier alpha value is -1.20. The van der Waals surface area contributed by atoms with E-state index in [1.54, 1.807) is 0 Å². The second-order valence-corrected chi connectivity index (χ2v) is 7.95. The van der Waals surface area contributed by atoms with Crippen molar-refractivity contribution in [2.75, 3.05) is 50.8 Å². The average Bonchev–Trinajstić information content (AvgIpc) is 2.62. The van der Waals surface area contributed by atoms with Crippen molar-refractivity contribution in [1.29, 1.82) is 0 Å². The van der Waals surface area contributed by atoms with Crippen LogP contribution in [0.1, 0.15) is 57.0 Å². The molecule has 2 aliphatic rings. The first kappa shape index (κ1) is 18.6. The van der Waals surface area contributed by atoms with Gasteiger partial charge in [0.25, 0.3) is 0 Å². The average molecular weight is 347 g/mol. The fourth-order valence-corrected chi connectivity index (χ4v) is 3.91. The van der Waals surface area contributed by atoms with Gasteiger partial charge in [-0.05, 0) is 58.2 Å². The Labute approximate surface area is 152 Å². The highest BCUT2D eigenvalue weighted by Gasteiger charge is 2.23. The zero-order chi connectivity index (χ0) is 17.6. The Morgan fingerprint density at radius 2 is 1.84 bits per heavy atom. The van der Waals surface area contributed by atoms with Gasteiger partial charge in [-0.1, -0.05) is 13.8 Å². The van der Waals surface area contributed by atoms with Gasteiger partial charge in [0.05, 0.1) is 13.2 Å². The maximum Gasteiger partial charge on any atom is 0.132 e. The summed E-state index contributed by atoms with van der Waals surface area (Å²) in [7, 11) is 0. The van der Waals surface area contributed by atoms with Gasteiger partial charge in [-0.15, -0.1) is 0 Å². The number of piperidine rings is 1. The van der Waals surface area contributed by atoms with E-state index in [1.165, 1.54) is 51.0 Å². The lowest BCUT2D eigenvalue weighted by atomic mass is 9.92. The predicted octanol–water partition coefficient (Wildman–Crippen LogP) is 3.24. The number of nitrogens with zero attached hydrogens (tertiary/aromatic N) is 4. The highest BCUT2D eigenvalue weighted by Crippen LogP contribution is 2.29. The minimum Gasteiger partial charge on any atom is -0.378 e. The van der Waals surface area contributed by atoms with Crippen LogP contribution in [0.2, 0.25) is 0 Å². The normalized spacial score (nSPS) is 20.4. The van der Waals surface area contributed by atoms with E-state index in [9.17, 15) is 0 Å². The van der Waals surface area contributed by atoms with E-state index >= 15 is 0 Å². The largest absolute Gasteiger partial charge is 0.378 e. The van der Waals surface area contributed by atoms with Gasteiger partial charge in [-0.3, -0.25) is 0 Å². The summed E-state index contributed by atoms with van der Waals surface area (Å²) < 4.78 is 5.47. The van der Waals surface area contributed by atoms with Crippen molar-refractivity contribution in [2.45, 2.75) is 52.4 Å². The number of hydrogen-bond acceptors (Lipinski definition) is 5. The van der Waals surface area contributed by atoms with Crippen LogP contribution in [0.5, 0.6) is 0 Å². The van der Waals surface area contributed by atoms with Crippen LogP contribution in [0.15, 0.2) is 6.07 Å². The highest BCUT2D eigenvalue weighted by molar-refractivity contribution is 5.41. The summed E-state index contributed by atoms with van der Waals surface area (Å²) in [6, 6.07) is 2.23. The van der Waals surface area contributed by atoms with E-state index < -0.39 is 0 Å². The molecule has 0 unspecified atom stereocenters. The number of aryl methyl sites for hydroxylation is 1. The Bertz CT molecular complexity index is 534. The van der Waals surface area contributed by atoms with Gasteiger partial charge in [0.2, 0.25) is 0 Å². The molecule has 0 atom stereocenters. The molecule has 140 valence electrons. The lowest BCUT2D eigenvalue weighted by Crippen LogP contribution is -2.37. The maximum absolute atomic E-state index is 5.47. The minimum absolute atomic E-state index is 0.586. The molecule has 5 nitrogen and oxygen atoms in total. The molecule has 2 fully saturated rings. The molecule has 25 heavy (non-hydrogen) atoms. The van der Waals surface area contributed by atoms with Gasteiger partial charge in [0.1, 0.15) is 11.6 Å². The number of ether oxygens (including phenoxy) is 1. The van der Waals surface area contributed by atoms with Gasteiger partial charge in [0.15, 0.2) is 0 Å². The van der Waals surface area contributed by atoms with Gasteiger partial charge in [-0.2, -0.15) is 0 Å². The molecule has 0 aromatic carbocycles. The number of aromatic nitrogens is 2. The number of rotatable bonds is 6. The maximum atomic E-state index is 5.47. The minimum atomic E-state index is 0.586. The Morgan fingerprint density at radius 3 is 2.52 bits per heavy atom. The number of likely N-dealkylation sites (tertiary alicyclic amines) is 1. The molecular formula is C20H34N4O. The van der Waals surface area contributed by atoms with E-state index in [4.69, 9.17) is 9.72 Å². The first-order valence-electron chi connectivity index (χ1n) is 10.0. The SMILES string of the molecule is Cc1nc(C2CCN(CCCC(C)C)CC2)cc(N2CCOCC2)n1. The summed E-state index contributed by atoms with van der Waals surface area (Å²) in [5.74, 6) is 3.39. The summed E-state index contributed by atoms with van der Waals surface area (Å²) >= 11 is 0. The lowest BCUT2D eigenvalue weighted by Gasteiger charge is -2.33. The fraction of sp³-hybridized carbons (Fsp3) is 0.800. The molecule has 5 heteroatoms. The lowest BCUT2D eigenvalue weighted by molar-refractivity contribution is 0.122. The second-order valence-electron chi connectivity index (χ2n) is 7.95. The van der Waals surface area contributed by atoms with E-state index in [0.717, 1.165) is 43.9 Å². The first-order valence-corrected chi connectivity index (χ1v) is 10.0. The van der Waals surface area contributed by atoms with Crippen molar-refractivity contribution in [1.82, 2.24) is 14.9 Å². The summed E-state index contributed by atoms with van der Waals surface area (Å²) in [4.78, 5) is 14.4. The zero-order valence-corrected chi connectivity index (χ0v) is 16.2. The predicted molar refractivity (Wildman–Crippen MR) is 102 cm³/mol. The fourth-order valence-electron chi connectivity index (χ4n) is 3.91. The standard InChI is InChI=1S/C20H34N4O/c1-16(2)5-4-8-23-9-6-18(7-10-23)19-15-20(22-17(3)21-19)24-11-13-25-14-12-24/h15-16,18H,4-14H2,1-3H3. The molecule has 0 radical (unpaired) electrons. The van der Waals surface area contributed by atoms with Crippen molar-refractivity contribution in [3.8, 4) is 0 Å². The molecule has 0 amide bonds. The summed E-state index contributed by atoms with van der Waals surface area (Å²) in [5.41, 5.74) is 1.25. The van der Waals surface area contributed by atoms with Crippen molar-refractivity contribution in [2.24, 2.45) is 5.92 Å². The molecule has 0 spiro atoms. The van der Waals surface area contributed by atoms with Crippen LogP contribution in [-0.2, 0) is 4.74 Å². The molecule has 0 bridgehead atoms. The van der Waals surface area contributed by atoms with E-state index in [-0.39, 0.29) is 0 Å². The van der Waals surface area contributed by atoms with E-state index in [0.29, 0.717) is 5.92 Å². The van der Waals surface area contributed by atoms with Crippen LogP contribution >= 0.6 is 0 Å². The van der Waals surface area contributed by atoms with E-state index in [2.05, 4.69) is 34.7 Å². The summed E-state index contributed by atoms with van der Waals surface area (Å²) in [6.07, 6.45) is 5.12. The quantitative estimate of drug-likeness (QED) is 0.791. The smallest absolute Gasteiger partial charge is 0.132 e. The number of morpholine rings is 1. The van der Waals surface area contributed by atoms with Gasteiger partial charge in [0, 0.05) is 30.8 Å². The molecule has 2 aliphatic heterocycles. The third kappa shape index (κ3) is 5.38. The molecule has 2 saturated heterocycles. The molecule has 1 aromatic rings. The molecular weight excluding hydrogens is 312 g/mol. The zero-order valence-electron chi connectivity index (χ0n) is 16.2. The van der Waals surface area contributed by atoms with Crippen LogP contribution < -0.4 is 4.90 Å². The van der Waals surface area contributed by atoms with Gasteiger partial charge in [-0.25, -0.2) is 9.97 Å². The summed E-state index contributed by atoms with van der Waals surface area (Å²) in [6.45, 7) is 13.8. The van der Waals surface area contributed by atoms with Crippen LogP contribution in [-0.4, -0.2) is 60.8 Å². The van der Waals surface area contributed by atoms with Crippen LogP contribution in [0.3, 0.4) is 0 Å². The summed E-state index contributed by atoms with van der Waals surface area (Å²) in [5, 5.41) is 0. The third-order valence-electron chi connectivity index (χ3n) is 5.44. The van der Waals surface area contributed by atoms with Crippen LogP contribution in [0.4, 0.5) is 5.82 Å². The highest BCUT2D eigenvalue weighted by atomic mass is 16.5. The van der Waals surface area contributed by atoms with Crippen molar-refractivity contribution >= 4 is 5.82 Å². The Morgan fingerprint density at radius 1 is 1.12 bits per heavy atom. The molecule has 0 aliphatic carbocycles. The number of hydrogen-bond donors (Lipinski definition) is 0.